The van der Waals surface area contributed by atoms with Crippen LogP contribution in [0.25, 0.3) is 0 Å². The number of nitrogens with one attached hydrogen (secondary N) is 3. The molecule has 0 aromatic heterocycles. The minimum absolute atomic E-state index is 0.494. The fourth-order valence-corrected chi connectivity index (χ4v) is 2.67. The average molecular weight is 308 g/mol. The van der Waals surface area contributed by atoms with Crippen molar-refractivity contribution in [1.82, 2.24) is 4.90 Å². The highest BCUT2D eigenvalue weighted by Crippen LogP contribution is 2.26. The highest BCUT2D eigenvalue weighted by atomic mass is 16.5. The number of nitrogens with zero attached hydrogens (tertiary/aromatic N) is 1. The number of carbonyl (C=O) groups is 1. The number of rotatable bonds is 5. The molecular weight excluding hydrogens is 284 g/mol. The lowest BCUT2D eigenvalue weighted by Crippen LogP contribution is -2.40. The van der Waals surface area contributed by atoms with Crippen molar-refractivity contribution in [3.8, 4) is 0 Å². The predicted molar refractivity (Wildman–Crippen MR) is 86.6 cm³/mol. The number of ether oxygens (including phenoxy) is 1. The molecule has 0 saturated carbocycles. The Morgan fingerprint density at radius 1 is 1.41 bits per heavy atom. The van der Waals surface area contributed by atoms with Crippen LogP contribution in [0.3, 0.4) is 0 Å². The van der Waals surface area contributed by atoms with Crippen molar-refractivity contribution >= 4 is 23.2 Å². The van der Waals surface area contributed by atoms with E-state index < -0.39 is 6.09 Å². The number of hydrogen-bond donors (Lipinski definition) is 4. The molecule has 1 atom stereocenters. The summed E-state index contributed by atoms with van der Waals surface area (Å²) >= 11 is 0. The van der Waals surface area contributed by atoms with Crippen LogP contribution in [0.5, 0.6) is 0 Å². The van der Waals surface area contributed by atoms with Crippen molar-refractivity contribution in [2.45, 2.75) is 25.3 Å². The largest absolute Gasteiger partial charge is 0.453 e. The summed E-state index contributed by atoms with van der Waals surface area (Å²) in [5.41, 5.74) is 4.00. The third-order valence-electron chi connectivity index (χ3n) is 4.02. The van der Waals surface area contributed by atoms with Gasteiger partial charge >= 0.3 is 6.09 Å². The van der Waals surface area contributed by atoms with Gasteiger partial charge in [-0.15, -0.1) is 0 Å². The average Bonchev–Trinajstić information content (AvgIpc) is 2.54. The molecule has 22 heavy (non-hydrogen) atoms. The Labute approximate surface area is 130 Å². The van der Waals surface area contributed by atoms with E-state index >= 15 is 0 Å². The molecule has 122 valence electrons. The van der Waals surface area contributed by atoms with Gasteiger partial charge < -0.3 is 15.0 Å². The van der Waals surface area contributed by atoms with Crippen molar-refractivity contribution < 1.29 is 14.7 Å². The molecule has 0 bridgehead atoms. The first-order valence-electron chi connectivity index (χ1n) is 7.47. The summed E-state index contributed by atoms with van der Waals surface area (Å²) in [4.78, 5) is 13.6. The molecule has 1 saturated heterocycles. The number of likely N-dealkylation sites (tertiary alicyclic amines) is 1. The number of likely N-dealkylation sites (N-methyl/N-ethyl adjacent to an activating group) is 1. The van der Waals surface area contributed by atoms with Gasteiger partial charge in [-0.2, -0.15) is 0 Å². The maximum Gasteiger partial charge on any atom is 0.411 e. The predicted octanol–water partition coefficient (Wildman–Crippen LogP) is 2.56. The number of carbonyl (C=O) groups excluding carboxylic acids is 1. The molecule has 0 aliphatic carbocycles. The number of piperidine rings is 1. The summed E-state index contributed by atoms with van der Waals surface area (Å²) in [6.45, 7) is 1.94. The van der Waals surface area contributed by atoms with Gasteiger partial charge in [0.05, 0.1) is 18.5 Å². The Morgan fingerprint density at radius 2 is 2.23 bits per heavy atom. The van der Waals surface area contributed by atoms with Gasteiger partial charge in [0, 0.05) is 18.3 Å². The van der Waals surface area contributed by atoms with Crippen LogP contribution in [0.15, 0.2) is 18.2 Å². The smallest absolute Gasteiger partial charge is 0.411 e. The summed E-state index contributed by atoms with van der Waals surface area (Å²) in [6, 6.07) is 5.70. The maximum atomic E-state index is 11.2. The lowest BCUT2D eigenvalue weighted by atomic mass is 10.0. The highest BCUT2D eigenvalue weighted by molar-refractivity contribution is 5.86. The van der Waals surface area contributed by atoms with Crippen LogP contribution < -0.4 is 16.1 Å². The zero-order valence-electron chi connectivity index (χ0n) is 13.1. The van der Waals surface area contributed by atoms with Crippen molar-refractivity contribution in [3.63, 3.8) is 0 Å². The minimum atomic E-state index is -0.548. The first kappa shape index (κ1) is 16.4. The topological polar surface area (TPSA) is 85.9 Å². The number of benzene rings is 1. The molecule has 7 heteroatoms. The van der Waals surface area contributed by atoms with E-state index in [2.05, 4.69) is 32.8 Å². The summed E-state index contributed by atoms with van der Waals surface area (Å²) < 4.78 is 4.54. The second-order valence-electron chi connectivity index (χ2n) is 5.50. The van der Waals surface area contributed by atoms with E-state index in [9.17, 15) is 10.0 Å². The zero-order valence-corrected chi connectivity index (χ0v) is 13.1. The molecule has 1 aliphatic rings. The van der Waals surface area contributed by atoms with E-state index in [4.69, 9.17) is 0 Å². The molecule has 1 amide bonds. The second-order valence-corrected chi connectivity index (χ2v) is 5.50. The lowest BCUT2D eigenvalue weighted by Gasteiger charge is -2.33. The van der Waals surface area contributed by atoms with E-state index in [1.54, 1.807) is 12.1 Å². The number of anilines is 3. The quantitative estimate of drug-likeness (QED) is 0.626. The van der Waals surface area contributed by atoms with Crippen LogP contribution in [0.4, 0.5) is 21.9 Å². The maximum absolute atomic E-state index is 11.2. The highest BCUT2D eigenvalue weighted by Gasteiger charge is 2.18. The fraction of sp³-hybridized carbons (Fsp3) is 0.533. The van der Waals surface area contributed by atoms with Gasteiger partial charge in [-0.05, 0) is 44.6 Å². The van der Waals surface area contributed by atoms with Crippen LogP contribution in [0.2, 0.25) is 0 Å². The number of methoxy groups -OCH3 is 1. The third kappa shape index (κ3) is 4.25. The van der Waals surface area contributed by atoms with Crippen LogP contribution in [-0.2, 0) is 4.74 Å². The van der Waals surface area contributed by atoms with Gasteiger partial charge in [0.15, 0.2) is 0 Å². The Bertz CT molecular complexity index is 510. The van der Waals surface area contributed by atoms with Gasteiger partial charge in [-0.1, -0.05) is 6.42 Å². The molecule has 7 nitrogen and oxygen atoms in total. The molecule has 0 spiro atoms. The Kier molecular flexibility index (Phi) is 5.85. The molecule has 1 unspecified atom stereocenters. The molecule has 1 fully saturated rings. The molecule has 1 aromatic rings. The molecule has 2 rings (SSSR count). The Morgan fingerprint density at radius 3 is 2.91 bits per heavy atom. The molecule has 1 aliphatic heterocycles. The van der Waals surface area contributed by atoms with Crippen molar-refractivity contribution in [2.24, 2.45) is 0 Å². The lowest BCUT2D eigenvalue weighted by molar-refractivity contribution is 0.187. The molecule has 4 N–H and O–H groups in total. The normalized spacial score (nSPS) is 18.6. The fourth-order valence-electron chi connectivity index (χ4n) is 2.67. The summed E-state index contributed by atoms with van der Waals surface area (Å²) in [7, 11) is 3.44. The van der Waals surface area contributed by atoms with Crippen LogP contribution in [0, 0.1) is 0 Å². The van der Waals surface area contributed by atoms with E-state index in [0.29, 0.717) is 17.4 Å². The van der Waals surface area contributed by atoms with E-state index in [1.807, 2.05) is 6.07 Å². The molecule has 1 aromatic carbocycles. The summed E-state index contributed by atoms with van der Waals surface area (Å²) in [5, 5.41) is 15.2. The van der Waals surface area contributed by atoms with Gasteiger partial charge in [0.2, 0.25) is 0 Å². The van der Waals surface area contributed by atoms with E-state index in [1.165, 1.54) is 26.4 Å². The monoisotopic (exact) mass is 308 g/mol. The van der Waals surface area contributed by atoms with E-state index in [0.717, 1.165) is 18.8 Å². The number of amides is 1. The van der Waals surface area contributed by atoms with Gasteiger partial charge in [-0.3, -0.25) is 16.0 Å². The van der Waals surface area contributed by atoms with Gasteiger partial charge in [-0.25, -0.2) is 4.79 Å². The van der Waals surface area contributed by atoms with Crippen molar-refractivity contribution in [3.05, 3.63) is 18.2 Å². The van der Waals surface area contributed by atoms with Crippen LogP contribution >= 0.6 is 0 Å². The molecular formula is C15H24N4O3. The van der Waals surface area contributed by atoms with Crippen molar-refractivity contribution in [1.29, 1.82) is 0 Å². The molecule has 0 radical (unpaired) electrons. The Balaban J connectivity index is 1.99. The minimum Gasteiger partial charge on any atom is -0.453 e. The van der Waals surface area contributed by atoms with Crippen molar-refractivity contribution in [2.75, 3.05) is 43.4 Å². The molecule has 1 heterocycles. The number of hydrogen-bond acceptors (Lipinski definition) is 6. The van der Waals surface area contributed by atoms with E-state index in [-0.39, 0.29) is 0 Å². The van der Waals surface area contributed by atoms with Crippen LogP contribution in [0.1, 0.15) is 19.3 Å². The second kappa shape index (κ2) is 7.86. The third-order valence-corrected chi connectivity index (χ3v) is 4.02. The SMILES string of the molecule is COC(=O)Nc1ccc(NCC2CCCCN2C)c(NO)c1. The Hall–Kier alpha value is -1.99. The van der Waals surface area contributed by atoms with Gasteiger partial charge in [0.1, 0.15) is 0 Å². The first-order valence-corrected chi connectivity index (χ1v) is 7.47. The summed E-state index contributed by atoms with van der Waals surface area (Å²) in [5.74, 6) is 0. The zero-order chi connectivity index (χ0) is 15.9. The first-order chi connectivity index (χ1) is 10.6. The standard InChI is InChI=1S/C15H24N4O3/c1-19-8-4-3-5-12(19)10-16-13-7-6-11(9-14(13)18-21)17-15(20)22-2/h6-7,9,12,16,18,21H,3-5,8,10H2,1-2H3,(H,17,20). The van der Waals surface area contributed by atoms with Gasteiger partial charge in [0.25, 0.3) is 0 Å². The summed E-state index contributed by atoms with van der Waals surface area (Å²) in [6.07, 6.45) is 3.13. The van der Waals surface area contributed by atoms with Crippen LogP contribution in [-0.4, -0.2) is 49.5 Å².